The summed E-state index contributed by atoms with van der Waals surface area (Å²) in [5.74, 6) is -0.355. The maximum Gasteiger partial charge on any atom is 0.330 e. The Morgan fingerprint density at radius 3 is 2.30 bits per heavy atom. The Labute approximate surface area is 184 Å². The van der Waals surface area contributed by atoms with E-state index >= 15 is 0 Å². The van der Waals surface area contributed by atoms with E-state index in [0.29, 0.717) is 29.2 Å². The molecule has 0 aliphatic rings. The van der Waals surface area contributed by atoms with Crippen LogP contribution in [0.5, 0.6) is 5.75 Å². The Bertz CT molecular complexity index is 839. The molecule has 0 aliphatic carbocycles. The molecule has 5 N–H and O–H groups in total. The van der Waals surface area contributed by atoms with Gasteiger partial charge in [-0.1, -0.05) is 19.9 Å². The van der Waals surface area contributed by atoms with Gasteiger partial charge in [-0.15, -0.1) is 12.4 Å². The predicted octanol–water partition coefficient (Wildman–Crippen LogP) is 3.87. The first-order valence-corrected chi connectivity index (χ1v) is 9.80. The van der Waals surface area contributed by atoms with Crippen molar-refractivity contribution in [1.29, 1.82) is 5.41 Å². The van der Waals surface area contributed by atoms with Crippen molar-refractivity contribution < 1.29 is 14.6 Å². The van der Waals surface area contributed by atoms with Crippen LogP contribution in [-0.4, -0.2) is 41.5 Å². The average molecular weight is 435 g/mol. The summed E-state index contributed by atoms with van der Waals surface area (Å²) < 4.78 is 5.68. The van der Waals surface area contributed by atoms with Crippen LogP contribution in [0, 0.1) is 5.41 Å². The zero-order valence-electron chi connectivity index (χ0n) is 17.6. The average Bonchev–Trinajstić information content (AvgIpc) is 2.70. The lowest BCUT2D eigenvalue weighted by molar-refractivity contribution is -0.138. The minimum Gasteiger partial charge on any atom is -0.494 e. The third-order valence-electron chi connectivity index (χ3n) is 4.69. The number of aliphatic carboxylic acids is 1. The fraction of sp³-hybridized carbons (Fsp3) is 0.364. The second kappa shape index (κ2) is 12.0. The number of carbonyl (C=O) groups is 1. The molecule has 1 unspecified atom stereocenters. The third kappa shape index (κ3) is 6.93. The smallest absolute Gasteiger partial charge is 0.330 e. The van der Waals surface area contributed by atoms with Crippen LogP contribution in [0.15, 0.2) is 42.5 Å². The van der Waals surface area contributed by atoms with Crippen molar-refractivity contribution in [1.82, 2.24) is 4.90 Å². The predicted molar refractivity (Wildman–Crippen MR) is 123 cm³/mol. The Balaban J connectivity index is 0.00000450. The van der Waals surface area contributed by atoms with Crippen LogP contribution in [0.3, 0.4) is 0 Å². The highest BCUT2D eigenvalue weighted by atomic mass is 35.5. The fourth-order valence-electron chi connectivity index (χ4n) is 3.10. The van der Waals surface area contributed by atoms with Gasteiger partial charge in [-0.05, 0) is 67.5 Å². The number of hydrogen-bond acceptors (Lipinski definition) is 5. The molecule has 1 atom stereocenters. The molecule has 30 heavy (non-hydrogen) atoms. The van der Waals surface area contributed by atoms with Gasteiger partial charge in [-0.25, -0.2) is 4.79 Å². The normalized spacial score (nSPS) is 11.5. The van der Waals surface area contributed by atoms with Crippen molar-refractivity contribution in [2.24, 2.45) is 5.73 Å². The molecule has 0 fully saturated rings. The number of carboxylic acids is 1. The summed E-state index contributed by atoms with van der Waals surface area (Å²) in [6.07, 6.45) is 0. The molecule has 0 amide bonds. The van der Waals surface area contributed by atoms with Gasteiger partial charge >= 0.3 is 5.97 Å². The third-order valence-corrected chi connectivity index (χ3v) is 4.69. The van der Waals surface area contributed by atoms with Crippen molar-refractivity contribution >= 4 is 29.9 Å². The molecule has 0 saturated carbocycles. The number of benzene rings is 2. The van der Waals surface area contributed by atoms with Gasteiger partial charge in [0.2, 0.25) is 0 Å². The largest absolute Gasteiger partial charge is 0.494 e. The Kier molecular flexibility index (Phi) is 10.1. The van der Waals surface area contributed by atoms with Crippen LogP contribution in [-0.2, 0) is 11.3 Å². The van der Waals surface area contributed by atoms with E-state index in [2.05, 4.69) is 24.1 Å². The molecule has 0 heterocycles. The standard InChI is InChI=1S/C22H30N4O3.ClH/c1-4-26(5-2)14-15-11-17(13-19(12-15)29-6-3)20(22(27)28)25-18-9-7-16(8-10-18)21(23)24;/h7-13,20,25H,4-6,14H2,1-3H3,(H3,23,24)(H,27,28);1H. The quantitative estimate of drug-likeness (QED) is 0.315. The van der Waals surface area contributed by atoms with Gasteiger partial charge in [0.05, 0.1) is 6.61 Å². The zero-order chi connectivity index (χ0) is 21.4. The van der Waals surface area contributed by atoms with Crippen molar-refractivity contribution in [3.05, 3.63) is 59.2 Å². The SMILES string of the molecule is CCOc1cc(CN(CC)CC)cc(C(Nc2ccc(C(=N)N)cc2)C(=O)O)c1.Cl. The van der Waals surface area contributed by atoms with E-state index < -0.39 is 12.0 Å². The summed E-state index contributed by atoms with van der Waals surface area (Å²) in [6.45, 7) is 9.15. The number of anilines is 1. The van der Waals surface area contributed by atoms with Crippen molar-refractivity contribution in [3.63, 3.8) is 0 Å². The maximum absolute atomic E-state index is 12.0. The first-order valence-electron chi connectivity index (χ1n) is 9.80. The van der Waals surface area contributed by atoms with Gasteiger partial charge in [0, 0.05) is 17.8 Å². The van der Waals surface area contributed by atoms with E-state index in [-0.39, 0.29) is 18.2 Å². The minimum atomic E-state index is -0.983. The molecule has 0 bridgehead atoms. The number of nitrogen functional groups attached to an aromatic ring is 1. The van der Waals surface area contributed by atoms with Crippen LogP contribution in [0.4, 0.5) is 5.69 Å². The van der Waals surface area contributed by atoms with Crippen molar-refractivity contribution in [3.8, 4) is 5.75 Å². The van der Waals surface area contributed by atoms with Crippen LogP contribution in [0.25, 0.3) is 0 Å². The molecule has 7 nitrogen and oxygen atoms in total. The molecule has 0 spiro atoms. The lowest BCUT2D eigenvalue weighted by Gasteiger charge is -2.22. The lowest BCUT2D eigenvalue weighted by Crippen LogP contribution is -2.23. The molecule has 0 aliphatic heterocycles. The van der Waals surface area contributed by atoms with E-state index in [1.807, 2.05) is 19.1 Å². The number of amidine groups is 1. The van der Waals surface area contributed by atoms with Gasteiger partial charge in [-0.3, -0.25) is 10.3 Å². The number of nitrogens with one attached hydrogen (secondary N) is 2. The highest BCUT2D eigenvalue weighted by molar-refractivity contribution is 5.95. The summed E-state index contributed by atoms with van der Waals surface area (Å²) in [6, 6.07) is 11.5. The first kappa shape index (κ1) is 25.3. The Morgan fingerprint density at radius 2 is 1.80 bits per heavy atom. The maximum atomic E-state index is 12.0. The van der Waals surface area contributed by atoms with Gasteiger partial charge in [-0.2, -0.15) is 0 Å². The second-order valence-electron chi connectivity index (χ2n) is 6.71. The Morgan fingerprint density at radius 1 is 1.17 bits per heavy atom. The fourth-order valence-corrected chi connectivity index (χ4v) is 3.10. The summed E-state index contributed by atoms with van der Waals surface area (Å²) in [5, 5.41) is 20.4. The van der Waals surface area contributed by atoms with Crippen LogP contribution >= 0.6 is 12.4 Å². The number of hydrogen-bond donors (Lipinski definition) is 4. The molecule has 2 aromatic carbocycles. The number of nitrogens with two attached hydrogens (primary N) is 1. The van der Waals surface area contributed by atoms with Crippen molar-refractivity contribution in [2.45, 2.75) is 33.4 Å². The van der Waals surface area contributed by atoms with Gasteiger partial charge in [0.1, 0.15) is 11.6 Å². The van der Waals surface area contributed by atoms with Gasteiger partial charge < -0.3 is 20.9 Å². The molecule has 0 radical (unpaired) electrons. The Hall–Kier alpha value is -2.77. The summed E-state index contributed by atoms with van der Waals surface area (Å²) in [7, 11) is 0. The van der Waals surface area contributed by atoms with E-state index in [1.54, 1.807) is 30.3 Å². The summed E-state index contributed by atoms with van der Waals surface area (Å²) in [4.78, 5) is 14.3. The van der Waals surface area contributed by atoms with E-state index in [0.717, 1.165) is 25.2 Å². The molecule has 0 saturated heterocycles. The van der Waals surface area contributed by atoms with Crippen molar-refractivity contribution in [2.75, 3.05) is 25.0 Å². The minimum absolute atomic E-state index is 0. The lowest BCUT2D eigenvalue weighted by atomic mass is 10.0. The first-order chi connectivity index (χ1) is 13.9. The monoisotopic (exact) mass is 434 g/mol. The summed E-state index contributed by atoms with van der Waals surface area (Å²) >= 11 is 0. The zero-order valence-corrected chi connectivity index (χ0v) is 18.5. The highest BCUT2D eigenvalue weighted by Crippen LogP contribution is 2.27. The topological polar surface area (TPSA) is 112 Å². The molecule has 164 valence electrons. The molecular weight excluding hydrogens is 404 g/mol. The highest BCUT2D eigenvalue weighted by Gasteiger charge is 2.21. The van der Waals surface area contributed by atoms with E-state index in [1.165, 1.54) is 0 Å². The number of halogens is 1. The van der Waals surface area contributed by atoms with E-state index in [4.69, 9.17) is 15.9 Å². The van der Waals surface area contributed by atoms with Gasteiger partial charge in [0.25, 0.3) is 0 Å². The second-order valence-corrected chi connectivity index (χ2v) is 6.71. The summed E-state index contributed by atoms with van der Waals surface area (Å²) in [5.41, 5.74) is 8.33. The number of ether oxygens (including phenoxy) is 1. The number of rotatable bonds is 11. The molecule has 8 heteroatoms. The molecular formula is C22H31ClN4O3. The van der Waals surface area contributed by atoms with E-state index in [9.17, 15) is 9.90 Å². The number of nitrogens with zero attached hydrogens (tertiary/aromatic N) is 1. The number of carboxylic acid groups (broad SMARTS) is 1. The van der Waals surface area contributed by atoms with Crippen LogP contribution < -0.4 is 15.8 Å². The molecule has 0 aromatic heterocycles. The van der Waals surface area contributed by atoms with Crippen LogP contribution in [0.1, 0.15) is 43.5 Å². The molecule has 2 aromatic rings. The van der Waals surface area contributed by atoms with Gasteiger partial charge in [0.15, 0.2) is 6.04 Å². The van der Waals surface area contributed by atoms with Crippen LogP contribution in [0.2, 0.25) is 0 Å². The molecule has 2 rings (SSSR count).